The van der Waals surface area contributed by atoms with Gasteiger partial charge in [0.15, 0.2) is 0 Å². The molecule has 0 bridgehead atoms. The van der Waals surface area contributed by atoms with Gasteiger partial charge in [-0.05, 0) is 42.5 Å². The molecule has 0 aliphatic carbocycles. The number of fused-ring (bicyclic) bond motifs is 1. The van der Waals surface area contributed by atoms with E-state index in [2.05, 4.69) is 10.6 Å². The van der Waals surface area contributed by atoms with E-state index in [-0.39, 0.29) is 33.8 Å². The third kappa shape index (κ3) is 4.84. The number of benzene rings is 3. The molecule has 0 unspecified atom stereocenters. The maximum absolute atomic E-state index is 13.3. The van der Waals surface area contributed by atoms with Crippen molar-refractivity contribution in [3.63, 3.8) is 0 Å². The minimum absolute atomic E-state index is 0.00656. The minimum Gasteiger partial charge on any atom is -0.337 e. The number of para-hydroxylation sites is 2. The second-order valence-electron chi connectivity index (χ2n) is 8.20. The van der Waals surface area contributed by atoms with Gasteiger partial charge < -0.3 is 9.88 Å². The number of imide groups is 2. The number of nitrogens with one attached hydrogen (secondary N) is 2. The van der Waals surface area contributed by atoms with Gasteiger partial charge in [-0.15, -0.1) is 0 Å². The highest BCUT2D eigenvalue weighted by molar-refractivity contribution is 6.43. The van der Waals surface area contributed by atoms with Gasteiger partial charge in [0.1, 0.15) is 12.1 Å². The van der Waals surface area contributed by atoms with Gasteiger partial charge in [-0.3, -0.25) is 19.7 Å². The van der Waals surface area contributed by atoms with E-state index in [4.69, 9.17) is 23.2 Å². The van der Waals surface area contributed by atoms with E-state index in [0.29, 0.717) is 11.3 Å². The van der Waals surface area contributed by atoms with Crippen LogP contribution >= 0.6 is 23.2 Å². The quantitative estimate of drug-likeness (QED) is 0.270. The van der Waals surface area contributed by atoms with E-state index >= 15 is 0 Å². The molecule has 2 heterocycles. The fourth-order valence-corrected chi connectivity index (χ4v) is 4.36. The molecule has 3 aromatic carbocycles. The number of carbonyl (C=O) groups excluding carboxylic acids is 4. The van der Waals surface area contributed by atoms with Crippen molar-refractivity contribution < 1.29 is 19.2 Å². The van der Waals surface area contributed by atoms with Crippen LogP contribution in [0.15, 0.2) is 84.6 Å². The van der Waals surface area contributed by atoms with Crippen molar-refractivity contribution in [2.45, 2.75) is 6.54 Å². The van der Waals surface area contributed by atoms with Crippen LogP contribution in [0.25, 0.3) is 17.0 Å². The number of aromatic nitrogens is 1. The molecular weight excluding hydrogens is 515 g/mol. The van der Waals surface area contributed by atoms with Crippen LogP contribution < -0.4 is 15.5 Å². The Morgan fingerprint density at radius 2 is 1.65 bits per heavy atom. The minimum atomic E-state index is -0.898. The summed E-state index contributed by atoms with van der Waals surface area (Å²) < 4.78 is 1.73. The van der Waals surface area contributed by atoms with Gasteiger partial charge in [-0.1, -0.05) is 59.6 Å². The van der Waals surface area contributed by atoms with Gasteiger partial charge in [0.05, 0.1) is 15.7 Å². The van der Waals surface area contributed by atoms with Crippen LogP contribution in [0.4, 0.5) is 16.2 Å². The lowest BCUT2D eigenvalue weighted by atomic mass is 10.1. The van der Waals surface area contributed by atoms with Gasteiger partial charge in [0, 0.05) is 28.4 Å². The van der Waals surface area contributed by atoms with Gasteiger partial charge in [0.2, 0.25) is 5.91 Å². The van der Waals surface area contributed by atoms with Gasteiger partial charge in [-0.25, -0.2) is 9.69 Å². The van der Waals surface area contributed by atoms with Crippen LogP contribution in [-0.4, -0.2) is 28.3 Å². The number of halogens is 2. The molecule has 1 aliphatic rings. The zero-order valence-electron chi connectivity index (χ0n) is 19.1. The van der Waals surface area contributed by atoms with Crippen molar-refractivity contribution in [1.82, 2.24) is 9.88 Å². The number of barbiturate groups is 1. The zero-order chi connectivity index (χ0) is 26.1. The Hall–Kier alpha value is -4.40. The Labute approximate surface area is 221 Å². The first-order valence-corrected chi connectivity index (χ1v) is 11.9. The summed E-state index contributed by atoms with van der Waals surface area (Å²) in [5, 5.41) is 6.16. The van der Waals surface area contributed by atoms with Crippen molar-refractivity contribution >= 4 is 75.3 Å². The van der Waals surface area contributed by atoms with Crippen LogP contribution in [0.5, 0.6) is 0 Å². The zero-order valence-corrected chi connectivity index (χ0v) is 20.6. The number of hydrogen-bond donors (Lipinski definition) is 2. The molecule has 0 spiro atoms. The molecule has 1 fully saturated rings. The fraction of sp³-hybridized carbons (Fsp3) is 0.0370. The topological polar surface area (TPSA) is 101 Å². The first kappa shape index (κ1) is 24.3. The van der Waals surface area contributed by atoms with E-state index < -0.39 is 17.8 Å². The van der Waals surface area contributed by atoms with Crippen LogP contribution in [-0.2, 0) is 20.9 Å². The lowest BCUT2D eigenvalue weighted by Gasteiger charge is -2.26. The average molecular weight is 533 g/mol. The summed E-state index contributed by atoms with van der Waals surface area (Å²) >= 11 is 12.0. The van der Waals surface area contributed by atoms with Crippen LogP contribution in [0.2, 0.25) is 10.0 Å². The Morgan fingerprint density at radius 3 is 2.41 bits per heavy atom. The Morgan fingerprint density at radius 1 is 0.919 bits per heavy atom. The Bertz CT molecular complexity index is 1610. The third-order valence-electron chi connectivity index (χ3n) is 5.75. The summed E-state index contributed by atoms with van der Waals surface area (Å²) in [5.74, 6) is -1.88. The molecule has 184 valence electrons. The van der Waals surface area contributed by atoms with Crippen molar-refractivity contribution in [2.75, 3.05) is 10.2 Å². The van der Waals surface area contributed by atoms with Crippen LogP contribution in [0.3, 0.4) is 0 Å². The molecule has 8 nitrogen and oxygen atoms in total. The number of hydrogen-bond acceptors (Lipinski definition) is 4. The largest absolute Gasteiger partial charge is 0.337 e. The van der Waals surface area contributed by atoms with E-state index in [1.807, 2.05) is 42.5 Å². The number of urea groups is 1. The van der Waals surface area contributed by atoms with Gasteiger partial charge >= 0.3 is 6.03 Å². The number of nitrogens with zero attached hydrogens (tertiary/aromatic N) is 2. The second-order valence-corrected chi connectivity index (χ2v) is 9.01. The van der Waals surface area contributed by atoms with E-state index in [9.17, 15) is 19.2 Å². The van der Waals surface area contributed by atoms with Crippen molar-refractivity contribution in [2.24, 2.45) is 0 Å². The Balaban J connectivity index is 1.49. The molecule has 4 aromatic rings. The third-order valence-corrected chi connectivity index (χ3v) is 6.49. The van der Waals surface area contributed by atoms with Crippen LogP contribution in [0.1, 0.15) is 5.56 Å². The summed E-state index contributed by atoms with van der Waals surface area (Å²) in [7, 11) is 0. The van der Waals surface area contributed by atoms with E-state index in [1.54, 1.807) is 22.9 Å². The second kappa shape index (κ2) is 9.93. The lowest BCUT2D eigenvalue weighted by Crippen LogP contribution is -2.54. The molecule has 1 saturated heterocycles. The summed E-state index contributed by atoms with van der Waals surface area (Å²) in [6.07, 6.45) is 3.09. The predicted molar refractivity (Wildman–Crippen MR) is 142 cm³/mol. The predicted octanol–water partition coefficient (Wildman–Crippen LogP) is 5.25. The highest BCUT2D eigenvalue weighted by Gasteiger charge is 2.37. The first-order valence-electron chi connectivity index (χ1n) is 11.1. The average Bonchev–Trinajstić information content (AvgIpc) is 3.21. The smallest absolute Gasteiger partial charge is 0.335 e. The summed E-state index contributed by atoms with van der Waals surface area (Å²) in [5.41, 5.74) is 1.85. The number of anilines is 2. The van der Waals surface area contributed by atoms with Crippen LogP contribution in [0, 0.1) is 0 Å². The van der Waals surface area contributed by atoms with Gasteiger partial charge in [-0.2, -0.15) is 0 Å². The van der Waals surface area contributed by atoms with E-state index in [1.165, 1.54) is 24.3 Å². The normalized spacial score (nSPS) is 14.8. The lowest BCUT2D eigenvalue weighted by molar-refractivity contribution is -0.122. The molecule has 5 rings (SSSR count). The fourth-order valence-electron chi connectivity index (χ4n) is 4.07. The SMILES string of the molecule is O=C(Cn1cc(/C=C2/C(=O)NC(=O)N(c3ccc(Cl)c(Cl)c3)C2=O)c2ccccc21)Nc1ccccc1. The van der Waals surface area contributed by atoms with Crippen molar-refractivity contribution in [3.05, 3.63) is 100 Å². The standard InChI is InChI=1S/C27H18Cl2N4O4/c28-21-11-10-18(13-22(21)29)33-26(36)20(25(35)31-27(33)37)12-16-14-32(23-9-5-4-8-19(16)23)15-24(34)30-17-6-2-1-3-7-17/h1-14H,15H2,(H,30,34)(H,31,35,37)/b20-12-. The molecule has 0 radical (unpaired) electrons. The van der Waals surface area contributed by atoms with Crippen molar-refractivity contribution in [1.29, 1.82) is 0 Å². The highest BCUT2D eigenvalue weighted by atomic mass is 35.5. The molecule has 1 aliphatic heterocycles. The maximum Gasteiger partial charge on any atom is 0.335 e. The Kier molecular flexibility index (Phi) is 6.52. The molecule has 1 aromatic heterocycles. The molecule has 2 N–H and O–H groups in total. The summed E-state index contributed by atoms with van der Waals surface area (Å²) in [6, 6.07) is 19.7. The summed E-state index contributed by atoms with van der Waals surface area (Å²) in [4.78, 5) is 52.0. The first-order chi connectivity index (χ1) is 17.8. The summed E-state index contributed by atoms with van der Waals surface area (Å²) in [6.45, 7) is 0.00656. The number of amides is 5. The molecule has 5 amide bonds. The molecule has 37 heavy (non-hydrogen) atoms. The molecule has 0 saturated carbocycles. The molecular formula is C27H18Cl2N4O4. The monoisotopic (exact) mass is 532 g/mol. The number of rotatable bonds is 5. The maximum atomic E-state index is 13.3. The highest BCUT2D eigenvalue weighted by Crippen LogP contribution is 2.30. The molecule has 10 heteroatoms. The van der Waals surface area contributed by atoms with Crippen molar-refractivity contribution in [3.8, 4) is 0 Å². The number of carbonyl (C=O) groups is 4. The van der Waals surface area contributed by atoms with Gasteiger partial charge in [0.25, 0.3) is 11.8 Å². The van der Waals surface area contributed by atoms with E-state index in [0.717, 1.165) is 15.8 Å². The molecule has 0 atom stereocenters.